The smallest absolute Gasteiger partial charge is 0.250 e. The van der Waals surface area contributed by atoms with Crippen molar-refractivity contribution >= 4 is 27.3 Å². The number of piperidine rings is 1. The zero-order valence-electron chi connectivity index (χ0n) is 12.4. The van der Waals surface area contributed by atoms with Crippen molar-refractivity contribution in [1.82, 2.24) is 10.0 Å². The Labute approximate surface area is 134 Å². The van der Waals surface area contributed by atoms with Crippen molar-refractivity contribution in [3.63, 3.8) is 0 Å². The Kier molecular flexibility index (Phi) is 4.54. The molecule has 0 aromatic carbocycles. The van der Waals surface area contributed by atoms with E-state index < -0.39 is 10.0 Å². The van der Waals surface area contributed by atoms with Crippen LogP contribution < -0.4 is 10.0 Å². The van der Waals surface area contributed by atoms with Crippen molar-refractivity contribution in [2.45, 2.75) is 55.0 Å². The first-order valence-corrected chi connectivity index (χ1v) is 9.80. The minimum atomic E-state index is -3.56. The van der Waals surface area contributed by atoms with E-state index in [1.54, 1.807) is 6.07 Å². The van der Waals surface area contributed by atoms with Gasteiger partial charge in [-0.1, -0.05) is 0 Å². The van der Waals surface area contributed by atoms with Crippen LogP contribution in [-0.2, 0) is 19.6 Å². The number of hydrogen-bond acceptors (Lipinski definition) is 5. The second-order valence-corrected chi connectivity index (χ2v) is 8.71. The molecule has 3 rings (SSSR count). The number of carbonyl (C=O) groups excluding carboxylic acids is 1. The summed E-state index contributed by atoms with van der Waals surface area (Å²) < 4.78 is 33.7. The third-order valence-corrected chi connectivity index (χ3v) is 7.13. The summed E-state index contributed by atoms with van der Waals surface area (Å²) in [5, 5.41) is 4.71. The van der Waals surface area contributed by atoms with E-state index in [0.717, 1.165) is 18.4 Å². The van der Waals surface area contributed by atoms with Gasteiger partial charge in [0.15, 0.2) is 0 Å². The van der Waals surface area contributed by atoms with E-state index in [-0.39, 0.29) is 24.1 Å². The molecule has 0 aliphatic carbocycles. The van der Waals surface area contributed by atoms with E-state index in [4.69, 9.17) is 4.74 Å². The molecule has 2 aliphatic rings. The Balaban J connectivity index is 1.77. The van der Waals surface area contributed by atoms with E-state index in [0.29, 0.717) is 23.7 Å². The average molecular weight is 344 g/mol. The lowest BCUT2D eigenvalue weighted by Gasteiger charge is -2.35. The first-order valence-electron chi connectivity index (χ1n) is 7.44. The first-order chi connectivity index (χ1) is 10.5. The number of ether oxygens (including phenoxy) is 1. The van der Waals surface area contributed by atoms with Gasteiger partial charge >= 0.3 is 0 Å². The molecule has 6 nitrogen and oxygen atoms in total. The minimum Gasteiger partial charge on any atom is -0.376 e. The normalized spacial score (nSPS) is 29.5. The molecule has 1 amide bonds. The first kappa shape index (κ1) is 15.9. The average Bonchev–Trinajstić information content (AvgIpc) is 3.12. The van der Waals surface area contributed by atoms with Crippen LogP contribution in [0.1, 0.15) is 31.2 Å². The van der Waals surface area contributed by atoms with Crippen molar-refractivity contribution in [1.29, 1.82) is 0 Å². The Hall–Kier alpha value is -0.960. The molecule has 3 atom stereocenters. The van der Waals surface area contributed by atoms with Crippen LogP contribution in [-0.4, -0.2) is 39.1 Å². The summed E-state index contributed by atoms with van der Waals surface area (Å²) in [5.41, 5.74) is 0.929. The SMILES string of the molecule is Cc1csc(S(=O)(=O)N[C@@H]2CCC(=O)N[C@H]2[C@H]2CCCO2)c1. The summed E-state index contributed by atoms with van der Waals surface area (Å²) in [6, 6.07) is 1.04. The van der Waals surface area contributed by atoms with Crippen molar-refractivity contribution in [2.24, 2.45) is 0 Å². The Morgan fingerprint density at radius 3 is 2.86 bits per heavy atom. The van der Waals surface area contributed by atoms with Crippen LogP contribution in [0.3, 0.4) is 0 Å². The predicted molar refractivity (Wildman–Crippen MR) is 83.3 cm³/mol. The number of carbonyl (C=O) groups is 1. The number of aryl methyl sites for hydroxylation is 1. The molecular formula is C14H20N2O4S2. The van der Waals surface area contributed by atoms with E-state index in [1.807, 2.05) is 12.3 Å². The summed E-state index contributed by atoms with van der Waals surface area (Å²) in [6.07, 6.45) is 2.52. The van der Waals surface area contributed by atoms with Gasteiger partial charge in [-0.15, -0.1) is 11.3 Å². The Morgan fingerprint density at radius 2 is 2.23 bits per heavy atom. The van der Waals surface area contributed by atoms with Crippen molar-refractivity contribution in [2.75, 3.05) is 6.61 Å². The van der Waals surface area contributed by atoms with Gasteiger partial charge in [-0.05, 0) is 43.2 Å². The van der Waals surface area contributed by atoms with Gasteiger partial charge in [0.2, 0.25) is 15.9 Å². The molecule has 0 saturated carbocycles. The highest BCUT2D eigenvalue weighted by Gasteiger charge is 2.39. The summed E-state index contributed by atoms with van der Waals surface area (Å²) in [5.74, 6) is -0.0390. The maximum atomic E-state index is 12.5. The van der Waals surface area contributed by atoms with Crippen LogP contribution in [0.15, 0.2) is 15.7 Å². The number of hydrogen-bond donors (Lipinski definition) is 2. The largest absolute Gasteiger partial charge is 0.376 e. The molecule has 8 heteroatoms. The van der Waals surface area contributed by atoms with Crippen LogP contribution in [0.5, 0.6) is 0 Å². The van der Waals surface area contributed by atoms with Gasteiger partial charge in [-0.3, -0.25) is 4.79 Å². The van der Waals surface area contributed by atoms with Crippen molar-refractivity contribution in [3.05, 3.63) is 17.0 Å². The highest BCUT2D eigenvalue weighted by atomic mass is 32.2. The van der Waals surface area contributed by atoms with Gasteiger partial charge in [-0.2, -0.15) is 0 Å². The van der Waals surface area contributed by atoms with E-state index in [2.05, 4.69) is 10.0 Å². The minimum absolute atomic E-state index is 0.0390. The highest BCUT2D eigenvalue weighted by Crippen LogP contribution is 2.25. The van der Waals surface area contributed by atoms with Crippen LogP contribution >= 0.6 is 11.3 Å². The molecule has 0 radical (unpaired) electrons. The van der Waals surface area contributed by atoms with E-state index in [1.165, 1.54) is 11.3 Å². The monoisotopic (exact) mass is 344 g/mol. The molecule has 2 N–H and O–H groups in total. The van der Waals surface area contributed by atoms with Crippen LogP contribution in [0, 0.1) is 6.92 Å². The second kappa shape index (κ2) is 6.27. The second-order valence-electron chi connectivity index (χ2n) is 5.85. The van der Waals surface area contributed by atoms with Crippen LogP contribution in [0.4, 0.5) is 0 Å². The van der Waals surface area contributed by atoms with Crippen LogP contribution in [0.25, 0.3) is 0 Å². The van der Waals surface area contributed by atoms with Gasteiger partial charge in [-0.25, -0.2) is 13.1 Å². The summed E-state index contributed by atoms with van der Waals surface area (Å²) in [7, 11) is -3.56. The summed E-state index contributed by atoms with van der Waals surface area (Å²) in [6.45, 7) is 2.53. The molecule has 1 aromatic rings. The van der Waals surface area contributed by atoms with Gasteiger partial charge < -0.3 is 10.1 Å². The highest BCUT2D eigenvalue weighted by molar-refractivity contribution is 7.91. The lowest BCUT2D eigenvalue weighted by Crippen LogP contribution is -2.59. The Morgan fingerprint density at radius 1 is 1.41 bits per heavy atom. The van der Waals surface area contributed by atoms with Gasteiger partial charge in [0.25, 0.3) is 0 Å². The maximum absolute atomic E-state index is 12.5. The van der Waals surface area contributed by atoms with E-state index in [9.17, 15) is 13.2 Å². The predicted octanol–water partition coefficient (Wildman–Crippen LogP) is 1.16. The molecule has 3 heterocycles. The third kappa shape index (κ3) is 3.34. The van der Waals surface area contributed by atoms with Gasteiger partial charge in [0.05, 0.1) is 12.1 Å². The zero-order chi connectivity index (χ0) is 15.7. The fourth-order valence-corrected chi connectivity index (χ4v) is 5.54. The van der Waals surface area contributed by atoms with Crippen molar-refractivity contribution < 1.29 is 17.9 Å². The van der Waals surface area contributed by atoms with Crippen LogP contribution in [0.2, 0.25) is 0 Å². The third-order valence-electron chi connectivity index (χ3n) is 4.09. The molecule has 122 valence electrons. The summed E-state index contributed by atoms with van der Waals surface area (Å²) in [4.78, 5) is 11.7. The molecule has 2 fully saturated rings. The molecule has 0 spiro atoms. The molecule has 0 bridgehead atoms. The fourth-order valence-electron chi connectivity index (χ4n) is 3.00. The standard InChI is InChI=1S/C14H20N2O4S2/c1-9-7-13(21-8-9)22(18,19)16-10-4-5-12(17)15-14(10)11-3-2-6-20-11/h7-8,10-11,14,16H,2-6H2,1H3,(H,15,17)/t10-,11-,14-/m1/s1. The number of sulfonamides is 1. The van der Waals surface area contributed by atoms with Gasteiger partial charge in [0.1, 0.15) is 4.21 Å². The molecular weight excluding hydrogens is 324 g/mol. The molecule has 2 saturated heterocycles. The quantitative estimate of drug-likeness (QED) is 0.858. The lowest BCUT2D eigenvalue weighted by molar-refractivity contribution is -0.125. The number of rotatable bonds is 4. The Bertz CT molecular complexity index is 650. The fraction of sp³-hybridized carbons (Fsp3) is 0.643. The van der Waals surface area contributed by atoms with E-state index >= 15 is 0 Å². The molecule has 0 unspecified atom stereocenters. The molecule has 22 heavy (non-hydrogen) atoms. The molecule has 1 aromatic heterocycles. The zero-order valence-corrected chi connectivity index (χ0v) is 14.0. The number of thiophene rings is 1. The molecule has 2 aliphatic heterocycles. The number of nitrogens with one attached hydrogen (secondary N) is 2. The topological polar surface area (TPSA) is 84.5 Å². The lowest BCUT2D eigenvalue weighted by atomic mass is 9.93. The van der Waals surface area contributed by atoms with Gasteiger partial charge in [0, 0.05) is 19.1 Å². The summed E-state index contributed by atoms with van der Waals surface area (Å²) >= 11 is 1.21. The maximum Gasteiger partial charge on any atom is 0.250 e. The number of amides is 1. The van der Waals surface area contributed by atoms with Crippen molar-refractivity contribution in [3.8, 4) is 0 Å².